The van der Waals surface area contributed by atoms with Crippen molar-refractivity contribution in [2.24, 2.45) is 112 Å². The fourth-order valence-electron chi connectivity index (χ4n) is 18.2. The fourth-order valence-corrected chi connectivity index (χ4v) is 18.2. The first kappa shape index (κ1) is 84.2. The van der Waals surface area contributed by atoms with Gasteiger partial charge in [0.15, 0.2) is 0 Å². The van der Waals surface area contributed by atoms with Gasteiger partial charge >= 0.3 is 0 Å². The zero-order chi connectivity index (χ0) is 66.7. The summed E-state index contributed by atoms with van der Waals surface area (Å²) in [5.74, 6) is 16.3. The van der Waals surface area contributed by atoms with Gasteiger partial charge in [0, 0.05) is 26.4 Å². The molecule has 0 aromatic rings. The number of rotatable bonds is 2. The Morgan fingerprint density at radius 2 is 0.446 bits per heavy atom. The second-order valence-electron chi connectivity index (χ2n) is 35.5. The summed E-state index contributed by atoms with van der Waals surface area (Å²) in [5.41, 5.74) is 0. The second kappa shape index (κ2) is 51.8. The number of fused-ring (bicyclic) bond motifs is 6. The Morgan fingerprint density at radius 1 is 0.228 bits per heavy atom. The van der Waals surface area contributed by atoms with Crippen LogP contribution in [-0.4, -0.2) is 75.3 Å². The molecule has 0 aromatic carbocycles. The summed E-state index contributed by atoms with van der Waals surface area (Å²) in [6.07, 6.45) is 60.4. The Bertz CT molecular complexity index is 1670. The summed E-state index contributed by atoms with van der Waals surface area (Å²) in [5, 5.41) is 20.2. The van der Waals surface area contributed by atoms with E-state index in [2.05, 4.69) is 90.0 Å². The standard InChI is InChI=1S/C86H166O6/c1-66-23-14-24-67(2)26-16-28-74(9)53-57-91-85(62-87)64-89-55-51-72(7)32-20-39-80-46-49-83(60-80)77(12)36-18-30-70(5)43-44-71(6)31-19-37-78(13)84-50-47-81(61-84)40-22-34-75(10)54-58-92-86(63-88)65-90-56-52-73(8)33-21-38-79-45-48-82(59-79)76(11)35-17-29-69(4)42-41-68(3)27-15-25-66/h66-88H,14-65H2,1-13H3. The first-order valence-corrected chi connectivity index (χ1v) is 42.0. The Morgan fingerprint density at radius 3 is 0.707 bits per heavy atom. The van der Waals surface area contributed by atoms with E-state index in [0.717, 1.165) is 141 Å². The molecule has 3 saturated carbocycles. The summed E-state index contributed by atoms with van der Waals surface area (Å²) in [6, 6.07) is 0. The minimum atomic E-state index is -0.199. The Hall–Kier alpha value is -0.240. The minimum absolute atomic E-state index is 0.0467. The molecule has 0 radical (unpaired) electrons. The van der Waals surface area contributed by atoms with E-state index in [1.165, 1.54) is 257 Å². The van der Waals surface area contributed by atoms with E-state index < -0.39 is 0 Å². The largest absolute Gasteiger partial charge is 0.394 e. The Balaban J connectivity index is 1.11. The molecule has 1 aliphatic heterocycles. The van der Waals surface area contributed by atoms with Crippen LogP contribution in [0.2, 0.25) is 0 Å². The average molecular weight is 1300 g/mol. The van der Waals surface area contributed by atoms with Crippen molar-refractivity contribution in [1.82, 2.24) is 0 Å². The van der Waals surface area contributed by atoms with Gasteiger partial charge in [0.1, 0.15) is 12.2 Å². The average Bonchev–Trinajstić information content (AvgIpc) is 3.17. The molecule has 0 spiro atoms. The van der Waals surface area contributed by atoms with Gasteiger partial charge in [0.25, 0.3) is 0 Å². The highest BCUT2D eigenvalue weighted by atomic mass is 16.5. The fraction of sp³-hybridized carbons (Fsp3) is 1.00. The molecule has 4 rings (SSSR count). The van der Waals surface area contributed by atoms with E-state index in [1.54, 1.807) is 0 Å². The summed E-state index contributed by atoms with van der Waals surface area (Å²) in [7, 11) is 0. The number of aliphatic hydroxyl groups is 2. The lowest BCUT2D eigenvalue weighted by atomic mass is 9.84. The van der Waals surface area contributed by atoms with Crippen LogP contribution in [-0.2, 0) is 18.9 Å². The van der Waals surface area contributed by atoms with Crippen molar-refractivity contribution in [3.8, 4) is 0 Å². The van der Waals surface area contributed by atoms with Crippen molar-refractivity contribution in [3.05, 3.63) is 0 Å². The maximum absolute atomic E-state index is 10.1. The normalized spacial score (nSPS) is 39.5. The van der Waals surface area contributed by atoms with Gasteiger partial charge in [-0.15, -0.1) is 0 Å². The van der Waals surface area contributed by atoms with E-state index in [4.69, 9.17) is 18.9 Å². The van der Waals surface area contributed by atoms with Gasteiger partial charge in [0.2, 0.25) is 0 Å². The highest BCUT2D eigenvalue weighted by Crippen LogP contribution is 2.43. The zero-order valence-corrected chi connectivity index (χ0v) is 64.4. The third-order valence-corrected chi connectivity index (χ3v) is 26.1. The summed E-state index contributed by atoms with van der Waals surface area (Å²) < 4.78 is 24.5. The van der Waals surface area contributed by atoms with Crippen LogP contribution in [0.3, 0.4) is 0 Å². The summed E-state index contributed by atoms with van der Waals surface area (Å²) in [6.45, 7) is 36.7. The van der Waals surface area contributed by atoms with Crippen molar-refractivity contribution in [1.29, 1.82) is 0 Å². The van der Waals surface area contributed by atoms with E-state index in [0.29, 0.717) is 36.9 Å². The van der Waals surface area contributed by atoms with Crippen LogP contribution < -0.4 is 0 Å². The van der Waals surface area contributed by atoms with Crippen LogP contribution in [0.15, 0.2) is 0 Å². The molecule has 4 aliphatic rings. The number of hydrogen-bond donors (Lipinski definition) is 2. The van der Waals surface area contributed by atoms with Crippen LogP contribution in [0.5, 0.6) is 0 Å². The van der Waals surface area contributed by atoms with Crippen LogP contribution in [0.25, 0.3) is 0 Å². The van der Waals surface area contributed by atoms with Gasteiger partial charge in [-0.25, -0.2) is 0 Å². The smallest absolute Gasteiger partial charge is 0.104 e. The third-order valence-electron chi connectivity index (χ3n) is 26.1. The van der Waals surface area contributed by atoms with Gasteiger partial charge in [-0.1, -0.05) is 308 Å². The van der Waals surface area contributed by atoms with E-state index in [-0.39, 0.29) is 25.4 Å². The molecule has 3 aliphatic carbocycles. The van der Waals surface area contributed by atoms with Crippen LogP contribution in [0, 0.1) is 112 Å². The molecule has 6 bridgehead atoms. The van der Waals surface area contributed by atoms with Crippen molar-refractivity contribution in [2.45, 2.75) is 385 Å². The third kappa shape index (κ3) is 40.1. The Kier molecular flexibility index (Phi) is 47.4. The molecule has 21 atom stereocenters. The highest BCUT2D eigenvalue weighted by molar-refractivity contribution is 4.83. The number of ether oxygens (including phenoxy) is 4. The monoisotopic (exact) mass is 1300 g/mol. The van der Waals surface area contributed by atoms with Crippen LogP contribution in [0.1, 0.15) is 373 Å². The predicted molar refractivity (Wildman–Crippen MR) is 399 cm³/mol. The number of aliphatic hydroxyl groups excluding tert-OH is 2. The maximum Gasteiger partial charge on any atom is 0.104 e. The van der Waals surface area contributed by atoms with Crippen molar-refractivity contribution < 1.29 is 29.2 Å². The molecule has 4 fully saturated rings. The second-order valence-corrected chi connectivity index (χ2v) is 35.5. The van der Waals surface area contributed by atoms with E-state index in [1.807, 2.05) is 0 Å². The molecular weight excluding hydrogens is 1130 g/mol. The number of hydrogen-bond acceptors (Lipinski definition) is 6. The minimum Gasteiger partial charge on any atom is -0.394 e. The van der Waals surface area contributed by atoms with Gasteiger partial charge in [-0.3, -0.25) is 0 Å². The van der Waals surface area contributed by atoms with Gasteiger partial charge in [0.05, 0.1) is 26.4 Å². The lowest BCUT2D eigenvalue weighted by molar-refractivity contribution is -0.0471. The van der Waals surface area contributed by atoms with Gasteiger partial charge < -0.3 is 29.2 Å². The Labute approximate surface area is 576 Å². The van der Waals surface area contributed by atoms with Crippen LogP contribution in [0.4, 0.5) is 0 Å². The highest BCUT2D eigenvalue weighted by Gasteiger charge is 2.31. The molecule has 6 nitrogen and oxygen atoms in total. The van der Waals surface area contributed by atoms with Crippen molar-refractivity contribution in [3.63, 3.8) is 0 Å². The molecule has 0 aromatic heterocycles. The summed E-state index contributed by atoms with van der Waals surface area (Å²) in [4.78, 5) is 0. The predicted octanol–water partition coefficient (Wildman–Crippen LogP) is 25.0. The molecule has 0 amide bonds. The molecule has 546 valence electrons. The molecular formula is C86H166O6. The molecule has 6 heteroatoms. The lowest BCUT2D eigenvalue weighted by Crippen LogP contribution is -2.25. The lowest BCUT2D eigenvalue weighted by Gasteiger charge is -2.22. The zero-order valence-electron chi connectivity index (χ0n) is 64.4. The van der Waals surface area contributed by atoms with Crippen molar-refractivity contribution >= 4 is 0 Å². The first-order chi connectivity index (χ1) is 44.4. The van der Waals surface area contributed by atoms with E-state index in [9.17, 15) is 10.2 Å². The van der Waals surface area contributed by atoms with Gasteiger partial charge in [-0.2, -0.15) is 0 Å². The molecule has 1 heterocycles. The molecule has 1 saturated heterocycles. The molecule has 2 N–H and O–H groups in total. The van der Waals surface area contributed by atoms with E-state index >= 15 is 0 Å². The summed E-state index contributed by atoms with van der Waals surface area (Å²) >= 11 is 0. The molecule has 92 heavy (non-hydrogen) atoms. The van der Waals surface area contributed by atoms with Crippen LogP contribution >= 0.6 is 0 Å². The first-order valence-electron chi connectivity index (χ1n) is 42.0. The quantitative estimate of drug-likeness (QED) is 0.287. The van der Waals surface area contributed by atoms with Crippen molar-refractivity contribution in [2.75, 3.05) is 52.9 Å². The topological polar surface area (TPSA) is 77.4 Å². The SMILES string of the molecule is CC1CCCC(C)CCCC(C)CCC(C)CCCC(C)C2CCC(CCCC(C)CCOCC(CO)OCCC(C)CCCC3CCC(C3)C(C)CCCC(C)CCC(C)CCCC(C)C3CCC(CCCC(C)CCOCC(CO)OCCC(C)CCC1)C3)C2. The molecule has 21 unspecified atom stereocenters. The maximum atomic E-state index is 10.1. The van der Waals surface area contributed by atoms with Gasteiger partial charge in [-0.05, 0) is 177 Å².